The van der Waals surface area contributed by atoms with Crippen molar-refractivity contribution in [3.63, 3.8) is 0 Å². The van der Waals surface area contributed by atoms with Crippen molar-refractivity contribution in [1.82, 2.24) is 4.31 Å². The molecule has 0 radical (unpaired) electrons. The fourth-order valence-corrected chi connectivity index (χ4v) is 5.62. The van der Waals surface area contributed by atoms with Crippen molar-refractivity contribution >= 4 is 21.8 Å². The minimum absolute atomic E-state index is 0.185. The average molecular weight is 365 g/mol. The van der Waals surface area contributed by atoms with E-state index in [4.69, 9.17) is 0 Å². The molecule has 3 rings (SSSR count). The average Bonchev–Trinajstić information content (AvgIpc) is 2.58. The zero-order valence-electron chi connectivity index (χ0n) is 13.5. The largest absolute Gasteiger partial charge is 0.243 e. The van der Waals surface area contributed by atoms with Gasteiger partial charge in [0.15, 0.2) is 0 Å². The lowest BCUT2D eigenvalue weighted by atomic mass is 10.2. The Bertz CT molecular complexity index is 789. The Morgan fingerprint density at radius 2 is 1.75 bits per heavy atom. The predicted molar refractivity (Wildman–Crippen MR) is 95.2 cm³/mol. The molecule has 0 N–H and O–H groups in total. The van der Waals surface area contributed by atoms with E-state index in [9.17, 15) is 12.8 Å². The van der Waals surface area contributed by atoms with Gasteiger partial charge >= 0.3 is 0 Å². The molecule has 2 aromatic rings. The molecule has 0 aromatic heterocycles. The van der Waals surface area contributed by atoms with Gasteiger partial charge in [0.2, 0.25) is 10.0 Å². The smallest absolute Gasteiger partial charge is 0.207 e. The molecule has 0 aliphatic carbocycles. The molecule has 24 heavy (non-hydrogen) atoms. The molecular formula is C18H20FNO2S2. The molecule has 6 heteroatoms. The number of aryl methyl sites for hydroxylation is 1. The van der Waals surface area contributed by atoms with Crippen LogP contribution >= 0.6 is 11.8 Å². The van der Waals surface area contributed by atoms with Crippen LogP contribution in [0.1, 0.15) is 18.4 Å². The van der Waals surface area contributed by atoms with Crippen molar-refractivity contribution in [2.45, 2.75) is 34.8 Å². The maximum atomic E-state index is 13.0. The van der Waals surface area contributed by atoms with Crippen LogP contribution in [0.3, 0.4) is 0 Å². The highest BCUT2D eigenvalue weighted by Gasteiger charge is 2.30. The Balaban J connectivity index is 1.72. The molecule has 0 spiro atoms. The number of hydrogen-bond acceptors (Lipinski definition) is 3. The third kappa shape index (κ3) is 3.99. The number of rotatable bonds is 4. The van der Waals surface area contributed by atoms with E-state index >= 15 is 0 Å². The molecule has 1 heterocycles. The second-order valence-electron chi connectivity index (χ2n) is 6.01. The van der Waals surface area contributed by atoms with Crippen molar-refractivity contribution in [2.24, 2.45) is 0 Å². The van der Waals surface area contributed by atoms with E-state index in [1.165, 1.54) is 12.1 Å². The van der Waals surface area contributed by atoms with Gasteiger partial charge in [-0.3, -0.25) is 0 Å². The zero-order chi connectivity index (χ0) is 17.2. The quantitative estimate of drug-likeness (QED) is 0.819. The van der Waals surface area contributed by atoms with Gasteiger partial charge in [-0.1, -0.05) is 17.7 Å². The number of thioether (sulfide) groups is 1. The highest BCUT2D eigenvalue weighted by molar-refractivity contribution is 8.00. The lowest BCUT2D eigenvalue weighted by Crippen LogP contribution is -2.41. The Morgan fingerprint density at radius 3 is 2.42 bits per heavy atom. The van der Waals surface area contributed by atoms with E-state index in [-0.39, 0.29) is 11.1 Å². The molecule has 0 amide bonds. The summed E-state index contributed by atoms with van der Waals surface area (Å²) in [6.45, 7) is 2.97. The van der Waals surface area contributed by atoms with Gasteiger partial charge in [-0.05, 0) is 56.2 Å². The number of piperidine rings is 1. The molecular weight excluding hydrogens is 345 g/mol. The summed E-state index contributed by atoms with van der Waals surface area (Å²) >= 11 is 1.62. The summed E-state index contributed by atoms with van der Waals surface area (Å²) in [7, 11) is -3.45. The minimum atomic E-state index is -3.45. The third-order valence-corrected chi connectivity index (χ3v) is 7.26. The summed E-state index contributed by atoms with van der Waals surface area (Å²) in [6.07, 6.45) is 1.80. The molecule has 1 unspecified atom stereocenters. The first-order chi connectivity index (χ1) is 11.4. The SMILES string of the molecule is Cc1ccc(S(=O)(=O)N2CCCC(Sc3ccc(F)cc3)C2)cc1. The molecule has 1 aliphatic heterocycles. The summed E-state index contributed by atoms with van der Waals surface area (Å²) < 4.78 is 40.2. The van der Waals surface area contributed by atoms with Gasteiger partial charge in [-0.15, -0.1) is 11.8 Å². The first kappa shape index (κ1) is 17.5. The highest BCUT2D eigenvalue weighted by atomic mass is 32.2. The monoisotopic (exact) mass is 365 g/mol. The van der Waals surface area contributed by atoms with Gasteiger partial charge in [0.05, 0.1) is 4.90 Å². The molecule has 1 fully saturated rings. The van der Waals surface area contributed by atoms with Crippen molar-refractivity contribution in [3.8, 4) is 0 Å². The van der Waals surface area contributed by atoms with Gasteiger partial charge in [0.25, 0.3) is 0 Å². The fourth-order valence-electron chi connectivity index (χ4n) is 2.78. The fraction of sp³-hybridized carbons (Fsp3) is 0.333. The van der Waals surface area contributed by atoms with E-state index in [2.05, 4.69) is 0 Å². The number of sulfonamides is 1. The van der Waals surface area contributed by atoms with Crippen LogP contribution in [0.4, 0.5) is 4.39 Å². The van der Waals surface area contributed by atoms with E-state index in [1.807, 2.05) is 19.1 Å². The van der Waals surface area contributed by atoms with Crippen LogP contribution in [0.2, 0.25) is 0 Å². The lowest BCUT2D eigenvalue weighted by molar-refractivity contribution is 0.353. The first-order valence-electron chi connectivity index (χ1n) is 7.94. The van der Waals surface area contributed by atoms with E-state index in [1.54, 1.807) is 40.3 Å². The molecule has 0 saturated carbocycles. The Morgan fingerprint density at radius 1 is 1.08 bits per heavy atom. The van der Waals surface area contributed by atoms with Crippen LogP contribution in [-0.4, -0.2) is 31.1 Å². The summed E-state index contributed by atoms with van der Waals surface area (Å²) in [5.74, 6) is -0.258. The zero-order valence-corrected chi connectivity index (χ0v) is 15.1. The molecule has 1 aliphatic rings. The second-order valence-corrected chi connectivity index (χ2v) is 9.32. The van der Waals surface area contributed by atoms with Crippen molar-refractivity contribution in [1.29, 1.82) is 0 Å². The van der Waals surface area contributed by atoms with Crippen LogP contribution in [0, 0.1) is 12.7 Å². The highest BCUT2D eigenvalue weighted by Crippen LogP contribution is 2.31. The topological polar surface area (TPSA) is 37.4 Å². The molecule has 2 aromatic carbocycles. The van der Waals surface area contributed by atoms with Crippen LogP contribution in [0.5, 0.6) is 0 Å². The second kappa shape index (κ2) is 7.25. The van der Waals surface area contributed by atoms with Crippen LogP contribution in [0.15, 0.2) is 58.3 Å². The summed E-state index contributed by atoms with van der Waals surface area (Å²) in [5, 5.41) is 0.185. The van der Waals surface area contributed by atoms with Gasteiger partial charge in [-0.25, -0.2) is 12.8 Å². The first-order valence-corrected chi connectivity index (χ1v) is 10.3. The Hall–Kier alpha value is -1.37. The van der Waals surface area contributed by atoms with Gasteiger partial charge in [0, 0.05) is 23.2 Å². The van der Waals surface area contributed by atoms with Gasteiger partial charge < -0.3 is 0 Å². The number of benzene rings is 2. The summed E-state index contributed by atoms with van der Waals surface area (Å²) in [6, 6.07) is 13.3. The van der Waals surface area contributed by atoms with E-state index in [0.29, 0.717) is 18.0 Å². The predicted octanol–water partition coefficient (Wildman–Crippen LogP) is 4.08. The lowest BCUT2D eigenvalue weighted by Gasteiger charge is -2.31. The number of nitrogens with zero attached hydrogens (tertiary/aromatic N) is 1. The maximum Gasteiger partial charge on any atom is 0.243 e. The van der Waals surface area contributed by atoms with Crippen molar-refractivity contribution in [3.05, 3.63) is 59.9 Å². The third-order valence-electron chi connectivity index (χ3n) is 4.12. The number of hydrogen-bond donors (Lipinski definition) is 0. The Kier molecular flexibility index (Phi) is 5.27. The van der Waals surface area contributed by atoms with Gasteiger partial charge in [-0.2, -0.15) is 4.31 Å². The molecule has 128 valence electrons. The van der Waals surface area contributed by atoms with E-state index in [0.717, 1.165) is 23.3 Å². The normalized spacial score (nSPS) is 19.3. The summed E-state index contributed by atoms with van der Waals surface area (Å²) in [4.78, 5) is 1.32. The van der Waals surface area contributed by atoms with Crippen molar-refractivity contribution < 1.29 is 12.8 Å². The standard InChI is InChI=1S/C18H20FNO2S2/c1-14-4-10-18(11-5-14)24(21,22)20-12-2-3-17(13-20)23-16-8-6-15(19)7-9-16/h4-11,17H,2-3,12-13H2,1H3. The molecule has 1 atom stereocenters. The molecule has 0 bridgehead atoms. The van der Waals surface area contributed by atoms with Gasteiger partial charge in [0.1, 0.15) is 5.82 Å². The van der Waals surface area contributed by atoms with E-state index < -0.39 is 10.0 Å². The van der Waals surface area contributed by atoms with Crippen molar-refractivity contribution in [2.75, 3.05) is 13.1 Å². The molecule has 1 saturated heterocycles. The number of halogens is 1. The molecule has 3 nitrogen and oxygen atoms in total. The van der Waals surface area contributed by atoms with Crippen LogP contribution in [-0.2, 0) is 10.0 Å². The summed E-state index contributed by atoms with van der Waals surface area (Å²) in [5.41, 5.74) is 1.04. The van der Waals surface area contributed by atoms with Crippen LogP contribution in [0.25, 0.3) is 0 Å². The van der Waals surface area contributed by atoms with Crippen LogP contribution < -0.4 is 0 Å². The maximum absolute atomic E-state index is 13.0. The Labute approximate surface area is 146 Å². The minimum Gasteiger partial charge on any atom is -0.207 e.